The van der Waals surface area contributed by atoms with Crippen LogP contribution in [0.4, 0.5) is 0 Å². The smallest absolute Gasteiger partial charge is 0.305 e. The number of hydrogen-bond donors (Lipinski definition) is 0. The molecule has 0 spiro atoms. The molecule has 0 aliphatic carbocycles. The van der Waals surface area contributed by atoms with Crippen molar-refractivity contribution in [2.75, 3.05) is 6.61 Å². The first-order valence-corrected chi connectivity index (χ1v) is 6.11. The summed E-state index contributed by atoms with van der Waals surface area (Å²) in [7, 11) is 0. The van der Waals surface area contributed by atoms with Crippen molar-refractivity contribution in [3.05, 3.63) is 48.6 Å². The molecule has 0 bridgehead atoms. The van der Waals surface area contributed by atoms with Crippen molar-refractivity contribution in [1.82, 2.24) is 0 Å². The van der Waals surface area contributed by atoms with Crippen LogP contribution in [0.5, 0.6) is 0 Å². The molecule has 0 aliphatic heterocycles. The summed E-state index contributed by atoms with van der Waals surface area (Å²) in [6, 6.07) is 10.2. The van der Waals surface area contributed by atoms with Crippen LogP contribution in [-0.4, -0.2) is 12.6 Å². The molecule has 0 fully saturated rings. The molecule has 17 heavy (non-hydrogen) atoms. The van der Waals surface area contributed by atoms with Gasteiger partial charge in [-0.05, 0) is 25.3 Å². The third-order valence-corrected chi connectivity index (χ3v) is 2.71. The molecule has 0 aromatic heterocycles. The van der Waals surface area contributed by atoms with Crippen LogP contribution in [0.1, 0.15) is 37.7 Å². The molecule has 1 atom stereocenters. The Morgan fingerprint density at radius 3 is 2.71 bits per heavy atom. The second-order valence-corrected chi connectivity index (χ2v) is 3.95. The zero-order valence-electron chi connectivity index (χ0n) is 10.4. The fourth-order valence-corrected chi connectivity index (χ4v) is 1.82. The van der Waals surface area contributed by atoms with Gasteiger partial charge in [-0.15, -0.1) is 6.58 Å². The molecule has 2 heteroatoms. The highest BCUT2D eigenvalue weighted by Gasteiger charge is 2.08. The van der Waals surface area contributed by atoms with Gasteiger partial charge in [0.05, 0.1) is 6.61 Å². The van der Waals surface area contributed by atoms with E-state index in [1.54, 1.807) is 0 Å². The number of carbonyl (C=O) groups is 1. The predicted molar refractivity (Wildman–Crippen MR) is 69.9 cm³/mol. The van der Waals surface area contributed by atoms with Crippen molar-refractivity contribution in [1.29, 1.82) is 0 Å². The third-order valence-electron chi connectivity index (χ3n) is 2.71. The van der Waals surface area contributed by atoms with Crippen LogP contribution >= 0.6 is 0 Å². The van der Waals surface area contributed by atoms with Gasteiger partial charge >= 0.3 is 5.97 Å². The van der Waals surface area contributed by atoms with E-state index in [2.05, 4.69) is 18.7 Å². The summed E-state index contributed by atoms with van der Waals surface area (Å²) < 4.78 is 4.90. The van der Waals surface area contributed by atoms with E-state index in [4.69, 9.17) is 4.74 Å². The summed E-state index contributed by atoms with van der Waals surface area (Å²) in [4.78, 5) is 11.2. The number of hydrogen-bond acceptors (Lipinski definition) is 2. The molecule has 92 valence electrons. The predicted octanol–water partition coefficient (Wildman–Crippen LogP) is 3.69. The molecule has 2 nitrogen and oxygen atoms in total. The van der Waals surface area contributed by atoms with E-state index in [1.807, 2.05) is 31.2 Å². The number of carbonyl (C=O) groups excluding carboxylic acids is 1. The van der Waals surface area contributed by atoms with Crippen molar-refractivity contribution < 1.29 is 9.53 Å². The monoisotopic (exact) mass is 232 g/mol. The maximum absolute atomic E-state index is 11.2. The van der Waals surface area contributed by atoms with Crippen LogP contribution in [0.2, 0.25) is 0 Å². The quantitative estimate of drug-likeness (QED) is 0.529. The van der Waals surface area contributed by atoms with Crippen LogP contribution in [0.3, 0.4) is 0 Å². The standard InChI is InChI=1S/C15H20O2/c1-3-13(14-9-6-5-7-10-14)11-8-12-15(16)17-4-2/h3,5-7,9-10,13H,1,4,8,11-12H2,2H3. The molecular weight excluding hydrogens is 212 g/mol. The molecule has 0 radical (unpaired) electrons. The SMILES string of the molecule is C=CC(CCCC(=O)OCC)c1ccccc1. The van der Waals surface area contributed by atoms with Gasteiger partial charge in [0.25, 0.3) is 0 Å². The van der Waals surface area contributed by atoms with Gasteiger partial charge in [0.15, 0.2) is 0 Å². The van der Waals surface area contributed by atoms with Gasteiger partial charge in [0.1, 0.15) is 0 Å². The van der Waals surface area contributed by atoms with E-state index in [9.17, 15) is 4.79 Å². The van der Waals surface area contributed by atoms with Gasteiger partial charge < -0.3 is 4.74 Å². The molecule has 1 aromatic carbocycles. The molecule has 0 saturated carbocycles. The average molecular weight is 232 g/mol. The first-order valence-electron chi connectivity index (χ1n) is 6.11. The van der Waals surface area contributed by atoms with Gasteiger partial charge in [-0.2, -0.15) is 0 Å². The van der Waals surface area contributed by atoms with Crippen LogP contribution < -0.4 is 0 Å². The number of esters is 1. The highest BCUT2D eigenvalue weighted by atomic mass is 16.5. The minimum atomic E-state index is -0.108. The lowest BCUT2D eigenvalue weighted by Crippen LogP contribution is -2.04. The van der Waals surface area contributed by atoms with Crippen molar-refractivity contribution >= 4 is 5.97 Å². The van der Waals surface area contributed by atoms with Crippen LogP contribution in [0.15, 0.2) is 43.0 Å². The molecule has 0 heterocycles. The summed E-state index contributed by atoms with van der Waals surface area (Å²) in [5, 5.41) is 0. The minimum Gasteiger partial charge on any atom is -0.466 e. The fraction of sp³-hybridized carbons (Fsp3) is 0.400. The Kier molecular flexibility index (Phi) is 6.08. The first-order chi connectivity index (χ1) is 8.27. The second kappa shape index (κ2) is 7.66. The molecule has 1 rings (SSSR count). The fourth-order valence-electron chi connectivity index (χ4n) is 1.82. The average Bonchev–Trinajstić information content (AvgIpc) is 2.36. The Hall–Kier alpha value is -1.57. The summed E-state index contributed by atoms with van der Waals surface area (Å²) in [6.45, 7) is 6.14. The summed E-state index contributed by atoms with van der Waals surface area (Å²) in [6.07, 6.45) is 4.21. The van der Waals surface area contributed by atoms with E-state index in [-0.39, 0.29) is 5.97 Å². The van der Waals surface area contributed by atoms with Crippen LogP contribution in [-0.2, 0) is 9.53 Å². The Morgan fingerprint density at radius 1 is 1.41 bits per heavy atom. The summed E-state index contributed by atoms with van der Waals surface area (Å²) >= 11 is 0. The molecule has 0 saturated heterocycles. The number of rotatable bonds is 7. The van der Waals surface area contributed by atoms with Crippen molar-refractivity contribution in [3.8, 4) is 0 Å². The van der Waals surface area contributed by atoms with Crippen LogP contribution in [0, 0.1) is 0 Å². The topological polar surface area (TPSA) is 26.3 Å². The second-order valence-electron chi connectivity index (χ2n) is 3.95. The Bertz CT molecular complexity index is 343. The summed E-state index contributed by atoms with van der Waals surface area (Å²) in [5.41, 5.74) is 1.26. The zero-order valence-corrected chi connectivity index (χ0v) is 10.4. The third kappa shape index (κ3) is 4.85. The Balaban J connectivity index is 2.39. The first kappa shape index (κ1) is 13.5. The lowest BCUT2D eigenvalue weighted by Gasteiger charge is -2.12. The largest absolute Gasteiger partial charge is 0.466 e. The minimum absolute atomic E-state index is 0.108. The van der Waals surface area contributed by atoms with Gasteiger partial charge in [0, 0.05) is 12.3 Å². The lowest BCUT2D eigenvalue weighted by molar-refractivity contribution is -0.143. The molecular formula is C15H20O2. The number of benzene rings is 1. The van der Waals surface area contributed by atoms with Crippen molar-refractivity contribution in [2.45, 2.75) is 32.1 Å². The van der Waals surface area contributed by atoms with Crippen LogP contribution in [0.25, 0.3) is 0 Å². The van der Waals surface area contributed by atoms with E-state index < -0.39 is 0 Å². The van der Waals surface area contributed by atoms with Crippen molar-refractivity contribution in [2.24, 2.45) is 0 Å². The van der Waals surface area contributed by atoms with Crippen molar-refractivity contribution in [3.63, 3.8) is 0 Å². The van der Waals surface area contributed by atoms with Gasteiger partial charge in [-0.25, -0.2) is 0 Å². The number of ether oxygens (including phenoxy) is 1. The molecule has 1 unspecified atom stereocenters. The number of allylic oxidation sites excluding steroid dienone is 1. The van der Waals surface area contributed by atoms with Gasteiger partial charge in [-0.3, -0.25) is 4.79 Å². The maximum atomic E-state index is 11.2. The van der Waals surface area contributed by atoms with Gasteiger partial charge in [0.2, 0.25) is 0 Å². The van der Waals surface area contributed by atoms with E-state index >= 15 is 0 Å². The molecule has 1 aromatic rings. The zero-order chi connectivity index (χ0) is 12.5. The van der Waals surface area contributed by atoms with E-state index in [0.717, 1.165) is 12.8 Å². The normalized spacial score (nSPS) is 11.8. The van der Waals surface area contributed by atoms with Gasteiger partial charge in [-0.1, -0.05) is 36.4 Å². The molecule has 0 aliphatic rings. The lowest BCUT2D eigenvalue weighted by atomic mass is 9.94. The maximum Gasteiger partial charge on any atom is 0.305 e. The Morgan fingerprint density at radius 2 is 2.12 bits per heavy atom. The summed E-state index contributed by atoms with van der Waals surface area (Å²) in [5.74, 6) is 0.217. The Labute approximate surface area is 103 Å². The highest BCUT2D eigenvalue weighted by Crippen LogP contribution is 2.22. The molecule has 0 amide bonds. The molecule has 0 N–H and O–H groups in total. The highest BCUT2D eigenvalue weighted by molar-refractivity contribution is 5.69. The van der Waals surface area contributed by atoms with E-state index in [0.29, 0.717) is 18.9 Å². The van der Waals surface area contributed by atoms with E-state index in [1.165, 1.54) is 5.56 Å².